The van der Waals surface area contributed by atoms with E-state index >= 15 is 0 Å². The molecule has 0 saturated heterocycles. The quantitative estimate of drug-likeness (QED) is 0.303. The third kappa shape index (κ3) is 6.09. The minimum atomic E-state index is -0.582. The standard InChI is InChI=1S/C10H18O5/c1-4-13-9(14-5-2)7-15-10(12)8(3)6-11/h6,9,11H,4-5,7H2,1-3H3. The lowest BCUT2D eigenvalue weighted by molar-refractivity contribution is -0.177. The summed E-state index contributed by atoms with van der Waals surface area (Å²) < 4.78 is 15.2. The second-order valence-electron chi connectivity index (χ2n) is 2.75. The van der Waals surface area contributed by atoms with Gasteiger partial charge in [-0.1, -0.05) is 0 Å². The second-order valence-corrected chi connectivity index (χ2v) is 2.75. The molecule has 0 aliphatic rings. The Morgan fingerprint density at radius 3 is 2.27 bits per heavy atom. The summed E-state index contributed by atoms with van der Waals surface area (Å²) in [6.45, 7) is 6.10. The molecule has 0 saturated carbocycles. The monoisotopic (exact) mass is 218 g/mol. The van der Waals surface area contributed by atoms with E-state index in [4.69, 9.17) is 19.3 Å². The van der Waals surface area contributed by atoms with Crippen molar-refractivity contribution in [1.82, 2.24) is 0 Å². The van der Waals surface area contributed by atoms with E-state index in [9.17, 15) is 4.79 Å². The fourth-order valence-electron chi connectivity index (χ4n) is 0.826. The first-order valence-electron chi connectivity index (χ1n) is 4.87. The molecule has 1 N–H and O–H groups in total. The number of carbonyl (C=O) groups is 1. The van der Waals surface area contributed by atoms with Crippen LogP contribution in [0.4, 0.5) is 0 Å². The maximum Gasteiger partial charge on any atom is 0.337 e. The lowest BCUT2D eigenvalue weighted by Crippen LogP contribution is -2.25. The zero-order valence-corrected chi connectivity index (χ0v) is 9.36. The number of hydrogen-bond donors (Lipinski definition) is 1. The highest BCUT2D eigenvalue weighted by Gasteiger charge is 2.12. The van der Waals surface area contributed by atoms with Crippen molar-refractivity contribution in [2.24, 2.45) is 0 Å². The van der Waals surface area contributed by atoms with Gasteiger partial charge in [-0.25, -0.2) is 4.79 Å². The molecule has 0 unspecified atom stereocenters. The molecule has 0 fully saturated rings. The van der Waals surface area contributed by atoms with Gasteiger partial charge in [-0.15, -0.1) is 0 Å². The van der Waals surface area contributed by atoms with Gasteiger partial charge in [0.05, 0.1) is 11.8 Å². The molecule has 0 atom stereocenters. The molecule has 0 amide bonds. The number of rotatable bonds is 7. The molecule has 5 heteroatoms. The summed E-state index contributed by atoms with van der Waals surface area (Å²) >= 11 is 0. The van der Waals surface area contributed by atoms with Crippen molar-refractivity contribution < 1.29 is 24.1 Å². The molecular weight excluding hydrogens is 200 g/mol. The van der Waals surface area contributed by atoms with Crippen molar-refractivity contribution in [1.29, 1.82) is 0 Å². The zero-order chi connectivity index (χ0) is 11.7. The fourth-order valence-corrected chi connectivity index (χ4v) is 0.826. The number of aliphatic hydroxyl groups excluding tert-OH is 1. The van der Waals surface area contributed by atoms with Crippen molar-refractivity contribution in [3.63, 3.8) is 0 Å². The molecule has 0 rings (SSSR count). The van der Waals surface area contributed by atoms with Crippen LogP contribution in [0.1, 0.15) is 20.8 Å². The third-order valence-corrected chi connectivity index (χ3v) is 1.57. The predicted octanol–water partition coefficient (Wildman–Crippen LogP) is 1.39. The minimum absolute atomic E-state index is 0.0195. The fraction of sp³-hybridized carbons (Fsp3) is 0.700. The van der Waals surface area contributed by atoms with Crippen LogP contribution in [0, 0.1) is 0 Å². The van der Waals surface area contributed by atoms with Crippen LogP contribution >= 0.6 is 0 Å². The van der Waals surface area contributed by atoms with Gasteiger partial charge in [0.25, 0.3) is 0 Å². The lowest BCUT2D eigenvalue weighted by Gasteiger charge is -2.16. The molecule has 0 heterocycles. The summed E-state index contributed by atoms with van der Waals surface area (Å²) in [4.78, 5) is 11.1. The van der Waals surface area contributed by atoms with Crippen LogP contribution in [0.3, 0.4) is 0 Å². The summed E-state index contributed by atoms with van der Waals surface area (Å²) in [5.74, 6) is -0.582. The summed E-state index contributed by atoms with van der Waals surface area (Å²) in [6, 6.07) is 0. The molecular formula is C10H18O5. The van der Waals surface area contributed by atoms with Crippen molar-refractivity contribution in [3.8, 4) is 0 Å². The first-order chi connectivity index (χ1) is 7.15. The molecule has 0 aliphatic carbocycles. The van der Waals surface area contributed by atoms with Crippen molar-refractivity contribution in [2.45, 2.75) is 27.1 Å². The van der Waals surface area contributed by atoms with E-state index in [1.807, 2.05) is 13.8 Å². The van der Waals surface area contributed by atoms with E-state index in [-0.39, 0.29) is 12.2 Å². The lowest BCUT2D eigenvalue weighted by atomic mass is 10.3. The van der Waals surface area contributed by atoms with Gasteiger partial charge < -0.3 is 19.3 Å². The van der Waals surface area contributed by atoms with Crippen LogP contribution in [0.15, 0.2) is 11.8 Å². The van der Waals surface area contributed by atoms with E-state index in [1.165, 1.54) is 6.92 Å². The molecule has 0 bridgehead atoms. The second kappa shape index (κ2) is 8.26. The van der Waals surface area contributed by atoms with Crippen LogP contribution in [0.25, 0.3) is 0 Å². The predicted molar refractivity (Wildman–Crippen MR) is 54.4 cm³/mol. The van der Waals surface area contributed by atoms with Crippen LogP contribution in [-0.4, -0.2) is 37.2 Å². The Balaban J connectivity index is 3.93. The van der Waals surface area contributed by atoms with Gasteiger partial charge in [0, 0.05) is 13.2 Å². The van der Waals surface area contributed by atoms with Gasteiger partial charge in [0.1, 0.15) is 6.61 Å². The van der Waals surface area contributed by atoms with Crippen molar-refractivity contribution >= 4 is 5.97 Å². The number of esters is 1. The van der Waals surface area contributed by atoms with Crippen molar-refractivity contribution in [3.05, 3.63) is 11.8 Å². The van der Waals surface area contributed by atoms with Gasteiger partial charge in [0.15, 0.2) is 6.29 Å². The molecule has 0 aliphatic heterocycles. The summed E-state index contributed by atoms with van der Waals surface area (Å²) in [5, 5.41) is 8.55. The first kappa shape index (κ1) is 13.9. The Labute approximate surface area is 89.6 Å². The van der Waals surface area contributed by atoms with Crippen LogP contribution < -0.4 is 0 Å². The average molecular weight is 218 g/mol. The molecule has 0 spiro atoms. The smallest absolute Gasteiger partial charge is 0.337 e. The molecule has 0 aromatic rings. The number of carbonyl (C=O) groups excluding carboxylic acids is 1. The van der Waals surface area contributed by atoms with Crippen LogP contribution in [-0.2, 0) is 19.0 Å². The Morgan fingerprint density at radius 2 is 1.87 bits per heavy atom. The van der Waals surface area contributed by atoms with Crippen LogP contribution in [0.5, 0.6) is 0 Å². The molecule has 0 aromatic carbocycles. The summed E-state index contributed by atoms with van der Waals surface area (Å²) in [5.41, 5.74) is 0.141. The van der Waals surface area contributed by atoms with Gasteiger partial charge in [-0.3, -0.25) is 0 Å². The van der Waals surface area contributed by atoms with E-state index in [0.717, 1.165) is 0 Å². The first-order valence-corrected chi connectivity index (χ1v) is 4.87. The normalized spacial score (nSPS) is 11.9. The molecule has 0 radical (unpaired) electrons. The van der Waals surface area contributed by atoms with E-state index in [2.05, 4.69) is 0 Å². The molecule has 0 aromatic heterocycles. The highest BCUT2D eigenvalue weighted by molar-refractivity contribution is 5.87. The molecule has 88 valence electrons. The summed E-state index contributed by atoms with van der Waals surface area (Å²) in [7, 11) is 0. The highest BCUT2D eigenvalue weighted by Crippen LogP contribution is 2.00. The average Bonchev–Trinajstić information content (AvgIpc) is 2.25. The van der Waals surface area contributed by atoms with Gasteiger partial charge in [0.2, 0.25) is 0 Å². The third-order valence-electron chi connectivity index (χ3n) is 1.57. The Hall–Kier alpha value is -1.07. The van der Waals surface area contributed by atoms with E-state index in [1.54, 1.807) is 0 Å². The Bertz CT molecular complexity index is 206. The summed E-state index contributed by atoms with van der Waals surface area (Å²) in [6.07, 6.45) is 0.161. The molecule has 5 nitrogen and oxygen atoms in total. The largest absolute Gasteiger partial charge is 0.515 e. The van der Waals surface area contributed by atoms with Crippen LogP contribution in [0.2, 0.25) is 0 Å². The zero-order valence-electron chi connectivity index (χ0n) is 9.36. The maximum absolute atomic E-state index is 11.1. The SMILES string of the molecule is CCOC(COC(=O)C(C)=CO)OCC. The Morgan fingerprint density at radius 1 is 1.33 bits per heavy atom. The van der Waals surface area contributed by atoms with Crippen molar-refractivity contribution in [2.75, 3.05) is 19.8 Å². The highest BCUT2D eigenvalue weighted by atomic mass is 16.7. The van der Waals surface area contributed by atoms with Gasteiger partial charge in [-0.05, 0) is 20.8 Å². The Kier molecular flexibility index (Phi) is 7.67. The minimum Gasteiger partial charge on any atom is -0.515 e. The van der Waals surface area contributed by atoms with Gasteiger partial charge >= 0.3 is 5.97 Å². The maximum atomic E-state index is 11.1. The number of hydrogen-bond acceptors (Lipinski definition) is 5. The molecule has 15 heavy (non-hydrogen) atoms. The van der Waals surface area contributed by atoms with E-state index in [0.29, 0.717) is 19.5 Å². The number of aliphatic hydroxyl groups is 1. The van der Waals surface area contributed by atoms with E-state index < -0.39 is 12.3 Å². The number of ether oxygens (including phenoxy) is 3. The van der Waals surface area contributed by atoms with Gasteiger partial charge in [-0.2, -0.15) is 0 Å². The topological polar surface area (TPSA) is 65.0 Å².